The maximum atomic E-state index is 11.2. The fraction of sp³-hybridized carbons (Fsp3) is 0.562. The molecule has 0 fully saturated rings. The summed E-state index contributed by atoms with van der Waals surface area (Å²) in [4.78, 5) is 11.2. The average molecular weight is 344 g/mol. The second-order valence-electron chi connectivity index (χ2n) is 5.74. The molecule has 0 spiro atoms. The van der Waals surface area contributed by atoms with Crippen molar-refractivity contribution in [3.63, 3.8) is 0 Å². The van der Waals surface area contributed by atoms with Gasteiger partial charge in [0.05, 0.1) is 6.42 Å². The number of carbonyl (C=O) groups excluding carboxylic acids is 1. The Kier molecular flexibility index (Phi) is 10.0. The second-order valence-corrected chi connectivity index (χ2v) is 9.20. The van der Waals surface area contributed by atoms with Gasteiger partial charge in [-0.2, -0.15) is 0 Å². The minimum atomic E-state index is -2.28. The number of likely N-dealkylation sites (N-methyl/N-ethyl adjacent to an activating group) is 2. The van der Waals surface area contributed by atoms with Gasteiger partial charge in [-0.05, 0) is 37.9 Å². The molecule has 7 heteroatoms. The molecule has 132 valence electrons. The first-order valence-corrected chi connectivity index (χ1v) is 10.2. The van der Waals surface area contributed by atoms with Gasteiger partial charge in [0.2, 0.25) is 5.91 Å². The summed E-state index contributed by atoms with van der Waals surface area (Å²) in [5.41, 5.74) is 2.14. The summed E-state index contributed by atoms with van der Waals surface area (Å²) in [6.45, 7) is 5.63. The van der Waals surface area contributed by atoms with E-state index in [1.165, 1.54) is 12.6 Å². The third-order valence-corrected chi connectivity index (χ3v) is 4.84. The number of amides is 1. The van der Waals surface area contributed by atoms with E-state index in [0.29, 0.717) is 11.6 Å². The highest BCUT2D eigenvalue weighted by atomic mass is 31.2. The molecule has 1 rings (SSSR count). The van der Waals surface area contributed by atoms with Crippen LogP contribution in [0.1, 0.15) is 18.1 Å². The first-order chi connectivity index (χ1) is 10.6. The van der Waals surface area contributed by atoms with Crippen LogP contribution in [-0.2, 0) is 22.2 Å². The molecule has 0 heterocycles. The van der Waals surface area contributed by atoms with Crippen molar-refractivity contribution in [2.45, 2.75) is 25.6 Å². The van der Waals surface area contributed by atoms with Crippen molar-refractivity contribution in [1.82, 2.24) is 10.4 Å². The summed E-state index contributed by atoms with van der Waals surface area (Å²) in [7, 11) is 0.780. The average Bonchev–Trinajstić information content (AvgIpc) is 2.47. The van der Waals surface area contributed by atoms with Crippen LogP contribution in [0.5, 0.6) is 0 Å². The Hall–Kier alpha value is -1.20. The van der Waals surface area contributed by atoms with Crippen LogP contribution in [0.2, 0.25) is 0 Å². The first-order valence-electron chi connectivity index (χ1n) is 7.52. The molecular formula is C16H29N2O4P. The molecule has 0 aromatic heterocycles. The maximum Gasteiger partial charge on any atom is 0.250 e. The van der Waals surface area contributed by atoms with Gasteiger partial charge in [0.1, 0.15) is 13.0 Å². The summed E-state index contributed by atoms with van der Waals surface area (Å²) in [5, 5.41) is 21.3. The van der Waals surface area contributed by atoms with Gasteiger partial charge in [0.15, 0.2) is 0 Å². The molecular weight excluding hydrogens is 315 g/mol. The van der Waals surface area contributed by atoms with Crippen LogP contribution in [0.3, 0.4) is 0 Å². The molecule has 3 N–H and O–H groups in total. The van der Waals surface area contributed by atoms with E-state index in [0.717, 1.165) is 12.0 Å². The van der Waals surface area contributed by atoms with Crippen molar-refractivity contribution in [3.05, 3.63) is 35.4 Å². The Balaban J connectivity index is 0.000000468. The molecule has 1 aromatic carbocycles. The van der Waals surface area contributed by atoms with E-state index in [-0.39, 0.29) is 12.3 Å². The zero-order valence-corrected chi connectivity index (χ0v) is 15.5. The van der Waals surface area contributed by atoms with E-state index in [1.54, 1.807) is 20.4 Å². The highest BCUT2D eigenvalue weighted by Gasteiger charge is 2.18. The van der Waals surface area contributed by atoms with Crippen molar-refractivity contribution in [2.24, 2.45) is 0 Å². The van der Waals surface area contributed by atoms with E-state index >= 15 is 0 Å². The summed E-state index contributed by atoms with van der Waals surface area (Å²) >= 11 is 0. The van der Waals surface area contributed by atoms with Crippen molar-refractivity contribution in [2.75, 3.05) is 34.0 Å². The molecule has 0 aliphatic heterocycles. The van der Waals surface area contributed by atoms with Crippen LogP contribution in [0.25, 0.3) is 0 Å². The Morgan fingerprint density at radius 2 is 1.91 bits per heavy atom. The number of aliphatic hydroxyl groups is 1. The number of carbonyl (C=O) groups is 1. The Morgan fingerprint density at radius 1 is 1.35 bits per heavy atom. The molecule has 23 heavy (non-hydrogen) atoms. The van der Waals surface area contributed by atoms with Crippen molar-refractivity contribution in [3.8, 4) is 0 Å². The highest BCUT2D eigenvalue weighted by molar-refractivity contribution is 7.62. The van der Waals surface area contributed by atoms with Crippen LogP contribution in [0.4, 0.5) is 0 Å². The summed E-state index contributed by atoms with van der Waals surface area (Å²) < 4.78 is 11.0. The zero-order chi connectivity index (χ0) is 18.0. The molecule has 1 amide bonds. The lowest BCUT2D eigenvalue weighted by Gasteiger charge is -2.13. The predicted molar refractivity (Wildman–Crippen MR) is 93.5 cm³/mol. The number of benzene rings is 1. The van der Waals surface area contributed by atoms with E-state index in [2.05, 4.69) is 12.2 Å². The molecule has 0 aliphatic rings. The van der Waals surface area contributed by atoms with E-state index in [4.69, 9.17) is 10.3 Å². The SMILES string of the molecule is CCc1cccc(CC(=O)N(C)O)c1.CNCC(O)P(C)(C)=O. The largest absolute Gasteiger partial charge is 0.384 e. The predicted octanol–water partition coefficient (Wildman–Crippen LogP) is 1.79. The molecule has 1 aromatic rings. The van der Waals surface area contributed by atoms with Gasteiger partial charge >= 0.3 is 0 Å². The first kappa shape index (κ1) is 21.8. The number of aryl methyl sites for hydroxylation is 1. The fourth-order valence-corrected chi connectivity index (χ4v) is 2.27. The minimum Gasteiger partial charge on any atom is -0.384 e. The number of nitrogens with zero attached hydrogens (tertiary/aromatic N) is 1. The number of rotatable bonds is 6. The third kappa shape index (κ3) is 9.51. The van der Waals surface area contributed by atoms with Crippen LogP contribution in [-0.4, -0.2) is 61.1 Å². The van der Waals surface area contributed by atoms with Gasteiger partial charge in [-0.15, -0.1) is 0 Å². The zero-order valence-electron chi connectivity index (χ0n) is 14.6. The normalized spacial score (nSPS) is 12.1. The van der Waals surface area contributed by atoms with Crippen molar-refractivity contribution in [1.29, 1.82) is 0 Å². The van der Waals surface area contributed by atoms with Crippen LogP contribution < -0.4 is 5.32 Å². The van der Waals surface area contributed by atoms with Gasteiger partial charge in [-0.3, -0.25) is 10.0 Å². The van der Waals surface area contributed by atoms with Crippen molar-refractivity contribution < 1.29 is 19.7 Å². The molecule has 0 saturated heterocycles. The molecule has 0 bridgehead atoms. The number of nitrogens with one attached hydrogen (secondary N) is 1. The second kappa shape index (κ2) is 10.6. The fourth-order valence-electron chi connectivity index (χ4n) is 1.65. The highest BCUT2D eigenvalue weighted by Crippen LogP contribution is 2.40. The lowest BCUT2D eigenvalue weighted by molar-refractivity contribution is -0.158. The van der Waals surface area contributed by atoms with E-state index < -0.39 is 13.0 Å². The van der Waals surface area contributed by atoms with Gasteiger partial charge in [0.25, 0.3) is 0 Å². The summed E-state index contributed by atoms with van der Waals surface area (Å²) in [6.07, 6.45) is 1.21. The Bertz CT molecular complexity index is 529. The van der Waals surface area contributed by atoms with Gasteiger partial charge < -0.3 is 15.0 Å². The quantitative estimate of drug-likeness (QED) is 0.416. The minimum absolute atomic E-state index is 0.251. The molecule has 1 atom stereocenters. The lowest BCUT2D eigenvalue weighted by atomic mass is 10.1. The number of hydroxylamine groups is 2. The number of hydrogen-bond acceptors (Lipinski definition) is 5. The van der Waals surface area contributed by atoms with Gasteiger partial charge in [-0.25, -0.2) is 5.06 Å². The standard InChI is InChI=1S/C11H15NO2.C5H14NO2P/c1-3-9-5-4-6-10(7-9)8-11(13)12(2)14;1-6-4-5(7)9(2,3)8/h4-7,14H,3,8H2,1-2H3;5-7H,4H2,1-3H3. The molecule has 0 saturated carbocycles. The van der Waals surface area contributed by atoms with Crippen molar-refractivity contribution >= 4 is 13.0 Å². The summed E-state index contributed by atoms with van der Waals surface area (Å²) in [6, 6.07) is 7.83. The van der Waals surface area contributed by atoms with E-state index in [9.17, 15) is 9.36 Å². The van der Waals surface area contributed by atoms with Crippen LogP contribution in [0, 0.1) is 0 Å². The monoisotopic (exact) mass is 344 g/mol. The van der Waals surface area contributed by atoms with Gasteiger partial charge in [0, 0.05) is 13.6 Å². The molecule has 0 aliphatic carbocycles. The maximum absolute atomic E-state index is 11.2. The molecule has 6 nitrogen and oxygen atoms in total. The number of hydrogen-bond donors (Lipinski definition) is 3. The summed E-state index contributed by atoms with van der Waals surface area (Å²) in [5.74, 6) is -0.985. The Morgan fingerprint density at radius 3 is 2.30 bits per heavy atom. The number of aliphatic hydroxyl groups excluding tert-OH is 1. The van der Waals surface area contributed by atoms with Crippen LogP contribution >= 0.6 is 7.14 Å². The third-order valence-electron chi connectivity index (χ3n) is 3.22. The topological polar surface area (TPSA) is 89.9 Å². The smallest absolute Gasteiger partial charge is 0.250 e. The molecule has 0 radical (unpaired) electrons. The lowest BCUT2D eigenvalue weighted by Crippen LogP contribution is -2.24. The van der Waals surface area contributed by atoms with Crippen LogP contribution in [0.15, 0.2) is 24.3 Å². The van der Waals surface area contributed by atoms with Gasteiger partial charge in [-0.1, -0.05) is 31.2 Å². The Labute approximate surface area is 138 Å². The van der Waals surface area contributed by atoms with E-state index in [1.807, 2.05) is 24.3 Å². The molecule has 1 unspecified atom stereocenters.